The summed E-state index contributed by atoms with van der Waals surface area (Å²) >= 11 is 1.86. The minimum absolute atomic E-state index is 0.160. The maximum absolute atomic E-state index is 4.83. The molecule has 0 spiro atoms. The zero-order chi connectivity index (χ0) is 12.5. The van der Waals surface area contributed by atoms with Crippen molar-refractivity contribution < 1.29 is 0 Å². The Hall–Kier alpha value is -1.20. The van der Waals surface area contributed by atoms with Crippen LogP contribution in [0.4, 0.5) is 0 Å². The van der Waals surface area contributed by atoms with Crippen LogP contribution in [0.2, 0.25) is 0 Å². The number of hydrogen-bond acceptors (Lipinski definition) is 4. The number of rotatable bonds is 3. The van der Waals surface area contributed by atoms with E-state index in [0.29, 0.717) is 0 Å². The molecule has 1 aliphatic carbocycles. The molecule has 96 valence electrons. The summed E-state index contributed by atoms with van der Waals surface area (Å²) in [4.78, 5) is 10.5. The van der Waals surface area contributed by atoms with E-state index in [1.807, 2.05) is 38.0 Å². The standard InChI is InChI=1S/C13H18N4S/c1-14-12(10-7-15-8-17(10)2)13-16-9-5-3-4-6-11(9)18-13/h7-8,12,14H,3-6H2,1-2H3. The van der Waals surface area contributed by atoms with Crippen molar-refractivity contribution in [2.75, 3.05) is 7.05 Å². The maximum atomic E-state index is 4.83. The van der Waals surface area contributed by atoms with E-state index in [-0.39, 0.29) is 6.04 Å². The molecule has 2 heterocycles. The van der Waals surface area contributed by atoms with Crippen LogP contribution in [0.1, 0.15) is 40.2 Å². The largest absolute Gasteiger partial charge is 0.336 e. The summed E-state index contributed by atoms with van der Waals surface area (Å²) in [6.07, 6.45) is 8.70. The van der Waals surface area contributed by atoms with Crippen LogP contribution >= 0.6 is 11.3 Å². The SMILES string of the molecule is CNC(c1nc2c(s1)CCCC2)c1cncn1C. The van der Waals surface area contributed by atoms with Crippen LogP contribution in [0.15, 0.2) is 12.5 Å². The number of nitrogens with zero attached hydrogens (tertiary/aromatic N) is 3. The molecular formula is C13H18N4S. The van der Waals surface area contributed by atoms with Crippen LogP contribution < -0.4 is 5.32 Å². The van der Waals surface area contributed by atoms with Gasteiger partial charge >= 0.3 is 0 Å². The first-order chi connectivity index (χ1) is 8.79. The topological polar surface area (TPSA) is 42.7 Å². The molecule has 0 aliphatic heterocycles. The van der Waals surface area contributed by atoms with Gasteiger partial charge in [0.25, 0.3) is 0 Å². The van der Waals surface area contributed by atoms with Crippen LogP contribution in [0.3, 0.4) is 0 Å². The highest BCUT2D eigenvalue weighted by atomic mass is 32.1. The zero-order valence-electron chi connectivity index (χ0n) is 10.8. The van der Waals surface area contributed by atoms with E-state index in [9.17, 15) is 0 Å². The lowest BCUT2D eigenvalue weighted by atomic mass is 10.0. The zero-order valence-corrected chi connectivity index (χ0v) is 11.6. The predicted octanol–water partition coefficient (Wildman–Crippen LogP) is 2.06. The number of imidazole rings is 1. The first-order valence-electron chi connectivity index (χ1n) is 6.41. The molecule has 2 aromatic rings. The fraction of sp³-hybridized carbons (Fsp3) is 0.538. The minimum atomic E-state index is 0.160. The summed E-state index contributed by atoms with van der Waals surface area (Å²) in [6, 6.07) is 0.160. The highest BCUT2D eigenvalue weighted by molar-refractivity contribution is 7.11. The van der Waals surface area contributed by atoms with Crippen molar-refractivity contribution in [3.05, 3.63) is 33.8 Å². The van der Waals surface area contributed by atoms with Crippen LogP contribution in [0.25, 0.3) is 0 Å². The smallest absolute Gasteiger partial charge is 0.116 e. The molecule has 0 saturated carbocycles. The Morgan fingerprint density at radius 3 is 2.89 bits per heavy atom. The van der Waals surface area contributed by atoms with Gasteiger partial charge in [-0.1, -0.05) is 0 Å². The number of aryl methyl sites for hydroxylation is 3. The third kappa shape index (κ3) is 1.97. The van der Waals surface area contributed by atoms with Gasteiger partial charge < -0.3 is 9.88 Å². The molecule has 0 amide bonds. The molecule has 0 radical (unpaired) electrons. The van der Waals surface area contributed by atoms with Crippen LogP contribution in [0, 0.1) is 0 Å². The highest BCUT2D eigenvalue weighted by Crippen LogP contribution is 2.32. The van der Waals surface area contributed by atoms with Gasteiger partial charge in [0.2, 0.25) is 0 Å². The Labute approximate surface area is 111 Å². The Morgan fingerprint density at radius 2 is 2.22 bits per heavy atom. The predicted molar refractivity (Wildman–Crippen MR) is 72.9 cm³/mol. The van der Waals surface area contributed by atoms with Gasteiger partial charge in [-0.3, -0.25) is 0 Å². The third-order valence-corrected chi connectivity index (χ3v) is 4.77. The van der Waals surface area contributed by atoms with Crippen molar-refractivity contribution >= 4 is 11.3 Å². The van der Waals surface area contributed by atoms with Crippen LogP contribution in [-0.2, 0) is 19.9 Å². The van der Waals surface area contributed by atoms with Gasteiger partial charge in [-0.05, 0) is 32.7 Å². The highest BCUT2D eigenvalue weighted by Gasteiger charge is 2.22. The van der Waals surface area contributed by atoms with Crippen LogP contribution in [0.5, 0.6) is 0 Å². The van der Waals surface area contributed by atoms with Crippen molar-refractivity contribution in [1.29, 1.82) is 0 Å². The molecule has 0 saturated heterocycles. The first kappa shape index (κ1) is 11.9. The Bertz CT molecular complexity index is 519. The van der Waals surface area contributed by atoms with Gasteiger partial charge in [-0.15, -0.1) is 11.3 Å². The molecule has 1 atom stereocenters. The Morgan fingerprint density at radius 1 is 1.39 bits per heavy atom. The van der Waals surface area contributed by atoms with E-state index in [1.165, 1.54) is 40.5 Å². The fourth-order valence-electron chi connectivity index (χ4n) is 2.54. The Kier molecular flexibility index (Phi) is 3.18. The van der Waals surface area contributed by atoms with E-state index in [0.717, 1.165) is 6.42 Å². The molecule has 1 aliphatic rings. The fourth-order valence-corrected chi connectivity index (χ4v) is 3.82. The summed E-state index contributed by atoms with van der Waals surface area (Å²) in [5, 5.41) is 4.53. The lowest BCUT2D eigenvalue weighted by Crippen LogP contribution is -2.20. The summed E-state index contributed by atoms with van der Waals surface area (Å²) < 4.78 is 2.06. The summed E-state index contributed by atoms with van der Waals surface area (Å²) in [7, 11) is 4.01. The van der Waals surface area contributed by atoms with Crippen LogP contribution in [-0.4, -0.2) is 21.6 Å². The second-order valence-electron chi connectivity index (χ2n) is 4.78. The molecule has 0 fully saturated rings. The first-order valence-corrected chi connectivity index (χ1v) is 7.23. The van der Waals surface area contributed by atoms with Gasteiger partial charge in [0.05, 0.1) is 23.9 Å². The molecule has 2 aromatic heterocycles. The number of thiazole rings is 1. The van der Waals surface area contributed by atoms with Crippen molar-refractivity contribution in [2.45, 2.75) is 31.7 Å². The second kappa shape index (κ2) is 4.82. The molecule has 0 bridgehead atoms. The molecule has 5 heteroatoms. The molecule has 4 nitrogen and oxygen atoms in total. The van der Waals surface area contributed by atoms with Gasteiger partial charge in [-0.2, -0.15) is 0 Å². The molecular weight excluding hydrogens is 244 g/mol. The quantitative estimate of drug-likeness (QED) is 0.920. The molecule has 1 unspecified atom stereocenters. The van der Waals surface area contributed by atoms with Gasteiger partial charge in [-0.25, -0.2) is 9.97 Å². The average Bonchev–Trinajstić information content (AvgIpc) is 2.97. The second-order valence-corrected chi connectivity index (χ2v) is 5.90. The summed E-state index contributed by atoms with van der Waals surface area (Å²) in [5.74, 6) is 0. The maximum Gasteiger partial charge on any atom is 0.116 e. The monoisotopic (exact) mass is 262 g/mol. The van der Waals surface area contributed by atoms with Crippen molar-refractivity contribution in [2.24, 2.45) is 7.05 Å². The molecule has 18 heavy (non-hydrogen) atoms. The van der Waals surface area contributed by atoms with Gasteiger partial charge in [0.15, 0.2) is 0 Å². The van der Waals surface area contributed by atoms with E-state index in [2.05, 4.69) is 14.9 Å². The summed E-state index contributed by atoms with van der Waals surface area (Å²) in [5.41, 5.74) is 2.49. The van der Waals surface area contributed by atoms with Gasteiger partial charge in [0, 0.05) is 11.9 Å². The Balaban J connectivity index is 1.97. The number of aromatic nitrogens is 3. The van der Waals surface area contributed by atoms with E-state index < -0.39 is 0 Å². The minimum Gasteiger partial charge on any atom is -0.336 e. The molecule has 1 N–H and O–H groups in total. The van der Waals surface area contributed by atoms with Crippen molar-refractivity contribution in [1.82, 2.24) is 19.9 Å². The number of nitrogens with one attached hydrogen (secondary N) is 1. The van der Waals surface area contributed by atoms with E-state index >= 15 is 0 Å². The lowest BCUT2D eigenvalue weighted by Gasteiger charge is -2.13. The van der Waals surface area contributed by atoms with E-state index in [4.69, 9.17) is 4.98 Å². The molecule has 0 aromatic carbocycles. The molecule has 3 rings (SSSR count). The normalized spacial score (nSPS) is 16.6. The van der Waals surface area contributed by atoms with E-state index in [1.54, 1.807) is 0 Å². The van der Waals surface area contributed by atoms with Crippen molar-refractivity contribution in [3.8, 4) is 0 Å². The number of fused-ring (bicyclic) bond motifs is 1. The third-order valence-electron chi connectivity index (χ3n) is 3.55. The lowest BCUT2D eigenvalue weighted by molar-refractivity contribution is 0.627. The summed E-state index contributed by atoms with van der Waals surface area (Å²) in [6.45, 7) is 0. The number of hydrogen-bond donors (Lipinski definition) is 1. The van der Waals surface area contributed by atoms with Crippen molar-refractivity contribution in [3.63, 3.8) is 0 Å². The average molecular weight is 262 g/mol. The van der Waals surface area contributed by atoms with Gasteiger partial charge in [0.1, 0.15) is 11.0 Å².